The van der Waals surface area contributed by atoms with E-state index < -0.39 is 5.97 Å². The summed E-state index contributed by atoms with van der Waals surface area (Å²) >= 11 is 0. The summed E-state index contributed by atoms with van der Waals surface area (Å²) in [4.78, 5) is 9.00. The second-order valence-corrected chi connectivity index (χ2v) is 0.519. The largest absolute Gasteiger partial charge is 2.00 e. The maximum absolute atomic E-state index is 9.00. The Labute approximate surface area is 79.1 Å². The van der Waals surface area contributed by atoms with Crippen molar-refractivity contribution in [1.29, 1.82) is 0 Å². The predicted octanol–water partition coefficient (Wildman–Crippen LogP) is -0.890. The van der Waals surface area contributed by atoms with Crippen molar-refractivity contribution < 1.29 is 18.2 Å². The van der Waals surface area contributed by atoms with Gasteiger partial charge in [0.05, 0.1) is 0 Å². The first kappa shape index (κ1) is 15.7. The molecule has 0 rings (SSSR count). The van der Waals surface area contributed by atoms with Gasteiger partial charge in [-0.15, -0.1) is 0 Å². The summed E-state index contributed by atoms with van der Waals surface area (Å²) in [5.41, 5.74) is 0. The fraction of sp³-hybridized carbons (Fsp3) is 0.500. The summed E-state index contributed by atoms with van der Waals surface area (Å²) in [6.07, 6.45) is 0. The van der Waals surface area contributed by atoms with Crippen LogP contribution in [0, 0.1) is 0 Å². The van der Waals surface area contributed by atoms with Crippen LogP contribution >= 0.6 is 0 Å². The molecule has 0 saturated carbocycles. The number of carbonyl (C=O) groups is 1. The topological polar surface area (TPSA) is 68.8 Å². The SMILES string of the molecule is CC(=O)O.O.[Ba+2].[H-].[H-]. The minimum Gasteiger partial charge on any atom is -1.00 e. The van der Waals surface area contributed by atoms with Crippen LogP contribution in [-0.4, -0.2) is 65.4 Å². The van der Waals surface area contributed by atoms with Gasteiger partial charge < -0.3 is 13.4 Å². The molecule has 0 aliphatic carbocycles. The van der Waals surface area contributed by atoms with Gasteiger partial charge in [-0.25, -0.2) is 0 Å². The van der Waals surface area contributed by atoms with Crippen molar-refractivity contribution in [3.63, 3.8) is 0 Å². The van der Waals surface area contributed by atoms with E-state index in [0.29, 0.717) is 0 Å². The zero-order valence-corrected chi connectivity index (χ0v) is 8.00. The van der Waals surface area contributed by atoms with Gasteiger partial charge in [0, 0.05) is 6.92 Å². The van der Waals surface area contributed by atoms with Crippen molar-refractivity contribution in [2.75, 3.05) is 0 Å². The van der Waals surface area contributed by atoms with Crippen LogP contribution in [0.2, 0.25) is 0 Å². The molecule has 0 saturated heterocycles. The Morgan fingerprint density at radius 1 is 1.83 bits per heavy atom. The Hall–Kier alpha value is 1.00. The second-order valence-electron chi connectivity index (χ2n) is 0.519. The number of rotatable bonds is 0. The van der Waals surface area contributed by atoms with Crippen molar-refractivity contribution in [3.05, 3.63) is 0 Å². The summed E-state index contributed by atoms with van der Waals surface area (Å²) in [6, 6.07) is 0. The molecule has 0 aromatic heterocycles. The van der Waals surface area contributed by atoms with Crippen molar-refractivity contribution in [2.45, 2.75) is 6.92 Å². The first-order valence-corrected chi connectivity index (χ1v) is 0.928. The molecule has 0 radical (unpaired) electrons. The van der Waals surface area contributed by atoms with Gasteiger partial charge in [-0.3, -0.25) is 4.79 Å². The standard InChI is InChI=1S/C2H4O2.Ba.H2O.2H/c1-2(3)4;;;;/h1H3,(H,3,4);;1H2;;/q;+2;;2*-1. The zero-order chi connectivity index (χ0) is 3.58. The molecule has 36 valence electrons. The van der Waals surface area contributed by atoms with Crippen LogP contribution in [-0.2, 0) is 4.79 Å². The molecule has 0 spiro atoms. The molecule has 0 atom stereocenters. The molecular weight excluding hydrogens is 209 g/mol. The molecule has 0 unspecified atom stereocenters. The Morgan fingerprint density at radius 3 is 1.83 bits per heavy atom. The summed E-state index contributed by atoms with van der Waals surface area (Å²) in [6.45, 7) is 1.08. The number of hydrogen-bond donors (Lipinski definition) is 1. The molecule has 0 aliphatic rings. The molecule has 3 N–H and O–H groups in total. The molecule has 4 heteroatoms. The third kappa shape index (κ3) is 79.9. The van der Waals surface area contributed by atoms with Gasteiger partial charge in [0.15, 0.2) is 0 Å². The molecule has 0 amide bonds. The molecule has 6 heavy (non-hydrogen) atoms. The Morgan fingerprint density at radius 2 is 1.83 bits per heavy atom. The van der Waals surface area contributed by atoms with Crippen LogP contribution in [0.3, 0.4) is 0 Å². The minimum atomic E-state index is -0.833. The predicted molar refractivity (Wildman–Crippen MR) is 24.9 cm³/mol. The summed E-state index contributed by atoms with van der Waals surface area (Å²) < 4.78 is 0. The van der Waals surface area contributed by atoms with Crippen LogP contribution in [0.15, 0.2) is 0 Å². The van der Waals surface area contributed by atoms with Gasteiger partial charge in [0.25, 0.3) is 5.97 Å². The van der Waals surface area contributed by atoms with Crippen LogP contribution < -0.4 is 0 Å². The van der Waals surface area contributed by atoms with Crippen molar-refractivity contribution >= 4 is 54.9 Å². The quantitative estimate of drug-likeness (QED) is 0.535. The maximum atomic E-state index is 9.00. The number of carboxylic acid groups (broad SMARTS) is 1. The minimum absolute atomic E-state index is 0. The third-order valence-electron chi connectivity index (χ3n) is 0. The van der Waals surface area contributed by atoms with Crippen LogP contribution in [0.4, 0.5) is 0 Å². The Bertz CT molecular complexity index is 38.3. The molecule has 3 nitrogen and oxygen atoms in total. The summed E-state index contributed by atoms with van der Waals surface area (Å²) in [7, 11) is 0. The van der Waals surface area contributed by atoms with Crippen molar-refractivity contribution in [2.24, 2.45) is 0 Å². The first-order chi connectivity index (χ1) is 1.73. The number of hydrogen-bond acceptors (Lipinski definition) is 1. The maximum Gasteiger partial charge on any atom is 2.00 e. The average molecular weight is 217 g/mol. The number of carboxylic acids is 1. The average Bonchev–Trinajstić information content (AvgIpc) is 0.811. The van der Waals surface area contributed by atoms with E-state index in [1.165, 1.54) is 0 Å². The molecule has 0 aromatic carbocycles. The van der Waals surface area contributed by atoms with E-state index in [4.69, 9.17) is 9.90 Å². The van der Waals surface area contributed by atoms with E-state index in [1.807, 2.05) is 0 Å². The van der Waals surface area contributed by atoms with Crippen molar-refractivity contribution in [1.82, 2.24) is 0 Å². The Balaban J connectivity index is -0.00000000750. The van der Waals surface area contributed by atoms with E-state index in [0.717, 1.165) is 6.92 Å². The van der Waals surface area contributed by atoms with Gasteiger partial charge in [0.2, 0.25) is 0 Å². The molecule has 0 aliphatic heterocycles. The number of aliphatic carboxylic acids is 1. The van der Waals surface area contributed by atoms with Crippen molar-refractivity contribution in [3.8, 4) is 0 Å². The third-order valence-corrected chi connectivity index (χ3v) is 0. The fourth-order valence-electron chi connectivity index (χ4n) is 0. The van der Waals surface area contributed by atoms with E-state index in [9.17, 15) is 0 Å². The van der Waals surface area contributed by atoms with E-state index in [-0.39, 0.29) is 57.2 Å². The first-order valence-electron chi connectivity index (χ1n) is 0.928. The van der Waals surface area contributed by atoms with Gasteiger partial charge in [-0.1, -0.05) is 0 Å². The normalized spacial score (nSPS) is 4.17. The van der Waals surface area contributed by atoms with Gasteiger partial charge in [-0.05, 0) is 0 Å². The van der Waals surface area contributed by atoms with E-state index in [2.05, 4.69) is 0 Å². The zero-order valence-electron chi connectivity index (χ0n) is 5.56. The summed E-state index contributed by atoms with van der Waals surface area (Å²) in [5, 5.41) is 7.42. The molecule has 0 fully saturated rings. The van der Waals surface area contributed by atoms with Crippen LogP contribution in [0.1, 0.15) is 9.78 Å². The van der Waals surface area contributed by atoms with Crippen LogP contribution in [0.25, 0.3) is 0 Å². The monoisotopic (exact) mass is 218 g/mol. The molecule has 0 heterocycles. The van der Waals surface area contributed by atoms with E-state index in [1.54, 1.807) is 0 Å². The fourth-order valence-corrected chi connectivity index (χ4v) is 0. The van der Waals surface area contributed by atoms with Gasteiger partial charge in [0.1, 0.15) is 0 Å². The van der Waals surface area contributed by atoms with Gasteiger partial charge in [-0.2, -0.15) is 0 Å². The second kappa shape index (κ2) is 9.38. The summed E-state index contributed by atoms with van der Waals surface area (Å²) in [5.74, 6) is -0.833. The van der Waals surface area contributed by atoms with E-state index >= 15 is 0 Å². The smallest absolute Gasteiger partial charge is 1.00 e. The molecule has 0 aromatic rings. The van der Waals surface area contributed by atoms with Crippen LogP contribution in [0.5, 0.6) is 0 Å². The van der Waals surface area contributed by atoms with Gasteiger partial charge >= 0.3 is 48.9 Å². The molecule has 0 bridgehead atoms. The molecular formula is C2H8BaO3. The Kier molecular flexibility index (Phi) is 24.6.